The zero-order valence-corrected chi connectivity index (χ0v) is 9.35. The van der Waals surface area contributed by atoms with Crippen LogP contribution in [0.2, 0.25) is 5.02 Å². The first-order chi connectivity index (χ1) is 7.89. The number of rotatable bonds is 4. The Morgan fingerprint density at radius 1 is 1.41 bits per heavy atom. The lowest BCUT2D eigenvalue weighted by Gasteiger charge is -2.02. The molecule has 2 nitrogen and oxygen atoms in total. The summed E-state index contributed by atoms with van der Waals surface area (Å²) in [5, 5.41) is 3.11. The summed E-state index contributed by atoms with van der Waals surface area (Å²) in [6, 6.07) is 6.85. The fourth-order valence-corrected chi connectivity index (χ4v) is 1.27. The number of halogens is 4. The molecule has 6 heteroatoms. The summed E-state index contributed by atoms with van der Waals surface area (Å²) in [7, 11) is 0. The molecule has 0 aliphatic heterocycles. The highest BCUT2D eigenvalue weighted by Gasteiger charge is 2.35. The van der Waals surface area contributed by atoms with Crippen molar-refractivity contribution in [1.82, 2.24) is 5.32 Å². The van der Waals surface area contributed by atoms with Gasteiger partial charge in [-0.15, -0.1) is 0 Å². The third-order valence-corrected chi connectivity index (χ3v) is 2.06. The molecule has 0 aromatic heterocycles. The van der Waals surface area contributed by atoms with Crippen LogP contribution >= 0.6 is 11.6 Å². The highest BCUT2D eigenvalue weighted by Crippen LogP contribution is 2.16. The molecule has 1 aromatic carbocycles. The van der Waals surface area contributed by atoms with Gasteiger partial charge in [-0.25, -0.2) is 0 Å². The van der Waals surface area contributed by atoms with Crippen LogP contribution in [0.25, 0.3) is 0 Å². The molecule has 0 heterocycles. The minimum Gasteiger partial charge on any atom is -0.387 e. The van der Waals surface area contributed by atoms with E-state index in [2.05, 4.69) is 5.32 Å². The van der Waals surface area contributed by atoms with Crippen molar-refractivity contribution in [3.05, 3.63) is 47.1 Å². The van der Waals surface area contributed by atoms with Gasteiger partial charge in [-0.2, -0.15) is 13.2 Å². The molecule has 0 aliphatic rings. The molecule has 0 radical (unpaired) electrons. The second-order valence-electron chi connectivity index (χ2n) is 3.21. The first-order valence-electron chi connectivity index (χ1n) is 4.65. The fourth-order valence-electron chi connectivity index (χ4n) is 1.05. The molecule has 0 saturated heterocycles. The smallest absolute Gasteiger partial charge is 0.387 e. The Labute approximate surface area is 101 Å². The van der Waals surface area contributed by atoms with Crippen molar-refractivity contribution < 1.29 is 18.0 Å². The molecule has 17 heavy (non-hydrogen) atoms. The Morgan fingerprint density at radius 2 is 2.12 bits per heavy atom. The van der Waals surface area contributed by atoms with E-state index in [1.165, 1.54) is 0 Å². The topological polar surface area (TPSA) is 29.1 Å². The Balaban J connectivity index is 2.43. The van der Waals surface area contributed by atoms with Gasteiger partial charge in [0.15, 0.2) is 0 Å². The summed E-state index contributed by atoms with van der Waals surface area (Å²) < 4.78 is 35.4. The summed E-state index contributed by atoms with van der Waals surface area (Å²) in [5.41, 5.74) is 0.807. The molecule has 0 bridgehead atoms. The zero-order valence-electron chi connectivity index (χ0n) is 8.59. The Kier molecular flexibility index (Phi) is 4.57. The number of benzene rings is 1. The number of carbonyl (C=O) groups excluding carboxylic acids is 1. The van der Waals surface area contributed by atoms with Crippen molar-refractivity contribution in [2.24, 2.45) is 0 Å². The predicted octanol–water partition coefficient (Wildman–Crippen LogP) is 3.07. The van der Waals surface area contributed by atoms with E-state index >= 15 is 0 Å². The zero-order chi connectivity index (χ0) is 12.9. The number of alkyl halides is 3. The van der Waals surface area contributed by atoms with Crippen LogP contribution in [0.1, 0.15) is 5.56 Å². The van der Waals surface area contributed by atoms with E-state index in [0.717, 1.165) is 11.8 Å². The van der Waals surface area contributed by atoms with Crippen LogP contribution in [0, 0.1) is 0 Å². The van der Waals surface area contributed by atoms with Gasteiger partial charge in [-0.3, -0.25) is 4.79 Å². The van der Waals surface area contributed by atoms with Gasteiger partial charge >= 0.3 is 6.18 Å². The predicted molar refractivity (Wildman–Crippen MR) is 58.5 cm³/mol. The number of allylic oxidation sites excluding steroid dienone is 1. The van der Waals surface area contributed by atoms with Gasteiger partial charge in [0.05, 0.1) is 0 Å². The molecule has 0 amide bonds. The van der Waals surface area contributed by atoms with Gasteiger partial charge in [0, 0.05) is 23.8 Å². The van der Waals surface area contributed by atoms with Gasteiger partial charge in [0.2, 0.25) is 0 Å². The maximum absolute atomic E-state index is 11.8. The Hall–Kier alpha value is -1.49. The average molecular weight is 264 g/mol. The summed E-state index contributed by atoms with van der Waals surface area (Å²) in [5.74, 6) is -1.89. The third-order valence-electron chi connectivity index (χ3n) is 1.83. The molecule has 0 fully saturated rings. The number of nitrogens with one attached hydrogen (secondary N) is 1. The summed E-state index contributed by atoms with van der Waals surface area (Å²) >= 11 is 5.72. The molecule has 1 N–H and O–H groups in total. The summed E-state index contributed by atoms with van der Waals surface area (Å²) in [4.78, 5) is 10.5. The SMILES string of the molecule is O=C(/C=C\NCc1cccc(Cl)c1)C(F)(F)F. The molecular weight excluding hydrogens is 255 g/mol. The lowest BCUT2D eigenvalue weighted by atomic mass is 10.2. The molecular formula is C11H9ClF3NO. The van der Waals surface area contributed by atoms with E-state index in [1.54, 1.807) is 24.3 Å². The largest absolute Gasteiger partial charge is 0.454 e. The molecule has 92 valence electrons. The minimum atomic E-state index is -4.83. The van der Waals surface area contributed by atoms with Crippen molar-refractivity contribution in [1.29, 1.82) is 0 Å². The van der Waals surface area contributed by atoms with Gasteiger partial charge in [0.1, 0.15) is 0 Å². The highest BCUT2D eigenvalue weighted by molar-refractivity contribution is 6.30. The Morgan fingerprint density at radius 3 is 2.71 bits per heavy atom. The molecule has 0 unspecified atom stereocenters. The van der Waals surface area contributed by atoms with Crippen molar-refractivity contribution in [2.45, 2.75) is 12.7 Å². The molecule has 1 aromatic rings. The van der Waals surface area contributed by atoms with Crippen molar-refractivity contribution in [3.63, 3.8) is 0 Å². The quantitative estimate of drug-likeness (QED) is 0.846. The molecule has 0 aliphatic carbocycles. The van der Waals surface area contributed by atoms with Crippen molar-refractivity contribution in [3.8, 4) is 0 Å². The first kappa shape index (κ1) is 13.6. The van der Waals surface area contributed by atoms with Gasteiger partial charge in [-0.1, -0.05) is 23.7 Å². The summed E-state index contributed by atoms with van der Waals surface area (Å²) in [6.07, 6.45) is -3.41. The van der Waals surface area contributed by atoms with E-state index < -0.39 is 12.0 Å². The molecule has 0 spiro atoms. The standard InChI is InChI=1S/C11H9ClF3NO/c12-9-3-1-2-8(6-9)7-16-5-4-10(17)11(13,14)15/h1-6,16H,7H2/b5-4-. The van der Waals surface area contributed by atoms with Gasteiger partial charge < -0.3 is 5.32 Å². The normalized spacial score (nSPS) is 11.8. The molecule has 0 saturated carbocycles. The highest BCUT2D eigenvalue weighted by atomic mass is 35.5. The lowest BCUT2D eigenvalue weighted by Crippen LogP contribution is -2.20. The van der Waals surface area contributed by atoms with E-state index in [0.29, 0.717) is 17.6 Å². The number of hydrogen-bond donors (Lipinski definition) is 1. The first-order valence-corrected chi connectivity index (χ1v) is 5.03. The van der Waals surface area contributed by atoms with E-state index in [1.807, 2.05) is 0 Å². The van der Waals surface area contributed by atoms with E-state index in [4.69, 9.17) is 11.6 Å². The van der Waals surface area contributed by atoms with Crippen LogP contribution in [0.4, 0.5) is 13.2 Å². The van der Waals surface area contributed by atoms with Crippen LogP contribution in [0.5, 0.6) is 0 Å². The van der Waals surface area contributed by atoms with Gasteiger partial charge in [0.25, 0.3) is 5.78 Å². The van der Waals surface area contributed by atoms with Crippen molar-refractivity contribution >= 4 is 17.4 Å². The van der Waals surface area contributed by atoms with Crippen LogP contribution in [-0.2, 0) is 11.3 Å². The molecule has 0 atom stereocenters. The number of ketones is 1. The summed E-state index contributed by atoms with van der Waals surface area (Å²) in [6.45, 7) is 0.294. The lowest BCUT2D eigenvalue weighted by molar-refractivity contribution is -0.165. The van der Waals surface area contributed by atoms with Crippen molar-refractivity contribution in [2.75, 3.05) is 0 Å². The second-order valence-corrected chi connectivity index (χ2v) is 3.64. The number of hydrogen-bond acceptors (Lipinski definition) is 2. The van der Waals surface area contributed by atoms with Crippen LogP contribution in [0.3, 0.4) is 0 Å². The number of carbonyl (C=O) groups is 1. The van der Waals surface area contributed by atoms with E-state index in [9.17, 15) is 18.0 Å². The van der Waals surface area contributed by atoms with Crippen LogP contribution in [-0.4, -0.2) is 12.0 Å². The van der Waals surface area contributed by atoms with E-state index in [-0.39, 0.29) is 0 Å². The monoisotopic (exact) mass is 263 g/mol. The maximum atomic E-state index is 11.8. The minimum absolute atomic E-state index is 0.294. The van der Waals surface area contributed by atoms with Crippen LogP contribution < -0.4 is 5.32 Å². The van der Waals surface area contributed by atoms with Crippen LogP contribution in [0.15, 0.2) is 36.5 Å². The Bertz CT molecular complexity index is 429. The molecule has 1 rings (SSSR count). The second kappa shape index (κ2) is 5.72. The average Bonchev–Trinajstić information content (AvgIpc) is 2.23. The van der Waals surface area contributed by atoms with Gasteiger partial charge in [-0.05, 0) is 17.7 Å². The third kappa shape index (κ3) is 4.91. The maximum Gasteiger partial charge on any atom is 0.454 e. The fraction of sp³-hybridized carbons (Fsp3) is 0.182.